The van der Waals surface area contributed by atoms with Crippen molar-refractivity contribution in [3.63, 3.8) is 0 Å². The average molecular weight is 422 g/mol. The zero-order chi connectivity index (χ0) is 20.1. The van der Waals surface area contributed by atoms with E-state index in [1.807, 2.05) is 9.80 Å². The van der Waals surface area contributed by atoms with E-state index < -0.39 is 0 Å². The first-order chi connectivity index (χ1) is 13.5. The Hall–Kier alpha value is -2.32. The van der Waals surface area contributed by atoms with Gasteiger partial charge in [0, 0.05) is 39.6 Å². The van der Waals surface area contributed by atoms with Crippen LogP contribution in [0.25, 0.3) is 0 Å². The van der Waals surface area contributed by atoms with Crippen molar-refractivity contribution in [1.82, 2.24) is 20.1 Å². The van der Waals surface area contributed by atoms with E-state index in [2.05, 4.69) is 40.4 Å². The molecule has 1 aliphatic heterocycles. The van der Waals surface area contributed by atoms with Gasteiger partial charge < -0.3 is 19.5 Å². The number of rotatable bonds is 7. The lowest BCUT2D eigenvalue weighted by molar-refractivity contribution is -0.128. The summed E-state index contributed by atoms with van der Waals surface area (Å²) in [5, 5.41) is 21.4. The van der Waals surface area contributed by atoms with Gasteiger partial charge in [0.2, 0.25) is 22.6 Å². The number of aromatic nitrogens is 3. The van der Waals surface area contributed by atoms with E-state index in [0.29, 0.717) is 55.3 Å². The van der Waals surface area contributed by atoms with Gasteiger partial charge >= 0.3 is 0 Å². The van der Waals surface area contributed by atoms with Crippen molar-refractivity contribution in [2.45, 2.75) is 25.1 Å². The van der Waals surface area contributed by atoms with Crippen molar-refractivity contribution in [1.29, 1.82) is 5.26 Å². The molecule has 1 fully saturated rings. The topological polar surface area (TPSA) is 111 Å². The fourth-order valence-corrected chi connectivity index (χ4v) is 4.37. The Morgan fingerprint density at radius 2 is 2.11 bits per heavy atom. The van der Waals surface area contributed by atoms with Gasteiger partial charge in [-0.25, -0.2) is 4.98 Å². The molecule has 1 aliphatic rings. The number of hydrogen-bond donors (Lipinski definition) is 1. The predicted molar refractivity (Wildman–Crippen MR) is 109 cm³/mol. The van der Waals surface area contributed by atoms with E-state index in [1.54, 1.807) is 6.92 Å². The van der Waals surface area contributed by atoms with Gasteiger partial charge in [-0.1, -0.05) is 36.9 Å². The minimum Gasteiger partial charge on any atom is -0.424 e. The third kappa shape index (κ3) is 5.14. The maximum Gasteiger partial charge on any atom is 0.234 e. The molecule has 0 saturated carbocycles. The van der Waals surface area contributed by atoms with E-state index in [1.165, 1.54) is 23.1 Å². The second-order valence-corrected chi connectivity index (χ2v) is 9.00. The van der Waals surface area contributed by atoms with Crippen molar-refractivity contribution in [2.24, 2.45) is 5.92 Å². The summed E-state index contributed by atoms with van der Waals surface area (Å²) in [5.41, 5.74) is 0.297. The molecule has 3 rings (SSSR count). The molecule has 0 aromatic carbocycles. The second kappa shape index (κ2) is 9.25. The monoisotopic (exact) mass is 421 g/mol. The Kier molecular flexibility index (Phi) is 6.74. The van der Waals surface area contributed by atoms with Crippen LogP contribution in [0, 0.1) is 24.2 Å². The van der Waals surface area contributed by atoms with Crippen LogP contribution in [-0.2, 0) is 4.79 Å². The van der Waals surface area contributed by atoms with Crippen LogP contribution in [0.1, 0.15) is 25.4 Å². The Labute approximate surface area is 172 Å². The molecule has 11 heteroatoms. The molecular weight excluding hydrogens is 398 g/mol. The molecule has 0 radical (unpaired) electrons. The molecule has 0 bridgehead atoms. The van der Waals surface area contributed by atoms with Crippen molar-refractivity contribution in [3.05, 3.63) is 11.6 Å². The van der Waals surface area contributed by atoms with Gasteiger partial charge in [-0.2, -0.15) is 5.26 Å². The zero-order valence-electron chi connectivity index (χ0n) is 16.1. The molecule has 0 aliphatic carbocycles. The van der Waals surface area contributed by atoms with Gasteiger partial charge in [0.05, 0.1) is 5.75 Å². The highest BCUT2D eigenvalue weighted by Crippen LogP contribution is 2.26. The first-order valence-corrected chi connectivity index (χ1v) is 10.9. The normalized spacial score (nSPS) is 14.4. The highest BCUT2D eigenvalue weighted by atomic mass is 32.2. The Balaban J connectivity index is 1.46. The number of nitriles is 1. The van der Waals surface area contributed by atoms with Crippen LogP contribution in [0.2, 0.25) is 0 Å². The highest BCUT2D eigenvalue weighted by molar-refractivity contribution is 8.01. The van der Waals surface area contributed by atoms with Gasteiger partial charge in [0.15, 0.2) is 10.2 Å². The summed E-state index contributed by atoms with van der Waals surface area (Å²) in [6.45, 7) is 9.23. The molecule has 28 heavy (non-hydrogen) atoms. The number of nitrogens with one attached hydrogen (secondary N) is 1. The predicted octanol–water partition coefficient (Wildman–Crippen LogP) is 2.21. The fourth-order valence-electron chi connectivity index (χ4n) is 2.71. The summed E-state index contributed by atoms with van der Waals surface area (Å²) in [7, 11) is 0. The summed E-state index contributed by atoms with van der Waals surface area (Å²) in [6, 6.07) is 2.06. The Morgan fingerprint density at radius 1 is 1.36 bits per heavy atom. The molecular formula is C17H23N7O2S2. The smallest absolute Gasteiger partial charge is 0.234 e. The lowest BCUT2D eigenvalue weighted by atomic mass is 10.2. The fraction of sp³-hybridized carbons (Fsp3) is 0.588. The van der Waals surface area contributed by atoms with Crippen LogP contribution < -0.4 is 10.2 Å². The zero-order valence-corrected chi connectivity index (χ0v) is 17.8. The number of thioether (sulfide) groups is 1. The van der Waals surface area contributed by atoms with E-state index in [4.69, 9.17) is 9.68 Å². The molecule has 9 nitrogen and oxygen atoms in total. The maximum atomic E-state index is 12.5. The Morgan fingerprint density at radius 3 is 2.79 bits per heavy atom. The van der Waals surface area contributed by atoms with Crippen molar-refractivity contribution in [2.75, 3.05) is 48.7 Å². The first kappa shape index (κ1) is 20.4. The second-order valence-electron chi connectivity index (χ2n) is 6.80. The number of nitrogens with zero attached hydrogens (tertiary/aromatic N) is 6. The van der Waals surface area contributed by atoms with Crippen molar-refractivity contribution < 1.29 is 9.21 Å². The molecule has 1 saturated heterocycles. The van der Waals surface area contributed by atoms with Gasteiger partial charge in [-0.15, -0.1) is 10.2 Å². The van der Waals surface area contributed by atoms with Crippen LogP contribution >= 0.6 is 23.1 Å². The first-order valence-electron chi connectivity index (χ1n) is 9.06. The van der Waals surface area contributed by atoms with Crippen molar-refractivity contribution >= 4 is 40.0 Å². The summed E-state index contributed by atoms with van der Waals surface area (Å²) in [6.07, 6.45) is 0. The molecule has 2 aromatic heterocycles. The summed E-state index contributed by atoms with van der Waals surface area (Å²) in [5.74, 6) is 1.91. The molecule has 1 amide bonds. The number of hydrogen-bond acceptors (Lipinski definition) is 10. The van der Waals surface area contributed by atoms with Gasteiger partial charge in [-0.3, -0.25) is 4.79 Å². The van der Waals surface area contributed by atoms with E-state index in [-0.39, 0.29) is 5.91 Å². The average Bonchev–Trinajstić information content (AvgIpc) is 3.30. The van der Waals surface area contributed by atoms with Crippen LogP contribution in [0.15, 0.2) is 8.76 Å². The summed E-state index contributed by atoms with van der Waals surface area (Å²) >= 11 is 2.88. The summed E-state index contributed by atoms with van der Waals surface area (Å²) < 4.78 is 6.33. The molecule has 0 atom stereocenters. The summed E-state index contributed by atoms with van der Waals surface area (Å²) in [4.78, 5) is 20.4. The third-order valence-electron chi connectivity index (χ3n) is 4.13. The largest absolute Gasteiger partial charge is 0.424 e. The molecule has 2 aromatic rings. The highest BCUT2D eigenvalue weighted by Gasteiger charge is 2.25. The van der Waals surface area contributed by atoms with Gasteiger partial charge in [-0.05, 0) is 5.92 Å². The maximum absolute atomic E-state index is 12.5. The minimum absolute atomic E-state index is 0.0748. The van der Waals surface area contributed by atoms with Crippen LogP contribution in [-0.4, -0.2) is 64.5 Å². The van der Waals surface area contributed by atoms with E-state index in [9.17, 15) is 4.79 Å². The van der Waals surface area contributed by atoms with E-state index in [0.717, 1.165) is 16.0 Å². The number of carbonyl (C=O) groups excluding carboxylic acids is 1. The lowest BCUT2D eigenvalue weighted by Gasteiger charge is -2.34. The lowest BCUT2D eigenvalue weighted by Crippen LogP contribution is -2.49. The van der Waals surface area contributed by atoms with Crippen LogP contribution in [0.3, 0.4) is 0 Å². The number of piperazine rings is 1. The number of carbonyl (C=O) groups is 1. The third-order valence-corrected chi connectivity index (χ3v) is 6.13. The minimum atomic E-state index is 0.0748. The molecule has 150 valence electrons. The van der Waals surface area contributed by atoms with Gasteiger partial charge in [0.1, 0.15) is 6.07 Å². The molecule has 1 N–H and O–H groups in total. The number of anilines is 2. The number of amides is 1. The van der Waals surface area contributed by atoms with Crippen LogP contribution in [0.5, 0.6) is 0 Å². The molecule has 0 unspecified atom stereocenters. The van der Waals surface area contributed by atoms with Crippen LogP contribution in [0.4, 0.5) is 11.0 Å². The Bertz CT molecular complexity index is 850. The quantitative estimate of drug-likeness (QED) is 0.673. The molecule has 0 spiro atoms. The van der Waals surface area contributed by atoms with E-state index >= 15 is 0 Å². The van der Waals surface area contributed by atoms with Crippen molar-refractivity contribution in [3.8, 4) is 6.07 Å². The number of aryl methyl sites for hydroxylation is 1. The number of oxazole rings is 1. The standard InChI is InChI=1S/C17H23N7O2S2/c1-11(2)9-19-16-21-22-17(28-16)27-10-14(25)23-4-6-24(7-5-23)15-13(8-18)20-12(3)26-15/h11H,4-7,9-10H2,1-3H3,(H,19,21). The molecule has 3 heterocycles. The SMILES string of the molecule is Cc1nc(C#N)c(N2CCN(C(=O)CSc3nnc(NCC(C)C)s3)CC2)o1. The van der Waals surface area contributed by atoms with Gasteiger partial charge in [0.25, 0.3) is 0 Å².